The maximum absolute atomic E-state index is 13.7. The quantitative estimate of drug-likeness (QED) is 0.403. The largest absolute Gasteiger partial charge is 0.481 e. The Morgan fingerprint density at radius 3 is 2.68 bits per heavy atom. The molecule has 10 nitrogen and oxygen atoms in total. The molecule has 0 saturated carbocycles. The summed E-state index contributed by atoms with van der Waals surface area (Å²) in [6.07, 6.45) is 1.44. The summed E-state index contributed by atoms with van der Waals surface area (Å²) in [5.41, 5.74) is 1.23. The number of aromatic amines is 1. The first-order valence-corrected chi connectivity index (χ1v) is 10.3. The monoisotopic (exact) mass is 459 g/mol. The predicted molar refractivity (Wildman–Crippen MR) is 122 cm³/mol. The highest BCUT2D eigenvalue weighted by Gasteiger charge is 2.17. The van der Waals surface area contributed by atoms with Gasteiger partial charge in [-0.1, -0.05) is 30.3 Å². The zero-order valence-electron chi connectivity index (χ0n) is 17.9. The van der Waals surface area contributed by atoms with Gasteiger partial charge in [-0.25, -0.2) is 9.07 Å². The van der Waals surface area contributed by atoms with Crippen molar-refractivity contribution in [1.82, 2.24) is 29.5 Å². The number of aryl methyl sites for hydroxylation is 1. The first-order chi connectivity index (χ1) is 16.5. The molecule has 3 aromatic heterocycles. The van der Waals surface area contributed by atoms with Gasteiger partial charge >= 0.3 is 0 Å². The number of aromatic nitrogens is 6. The van der Waals surface area contributed by atoms with E-state index in [9.17, 15) is 14.0 Å². The van der Waals surface area contributed by atoms with Gasteiger partial charge in [-0.2, -0.15) is 19.9 Å². The number of fused-ring (bicyclic) bond motifs is 1. The highest BCUT2D eigenvalue weighted by Crippen LogP contribution is 2.19. The number of H-pyrrole nitrogens is 1. The lowest BCUT2D eigenvalue weighted by Gasteiger charge is -2.10. The first-order valence-electron chi connectivity index (χ1n) is 10.3. The molecule has 0 aliphatic rings. The molecular weight excluding hydrogens is 441 g/mol. The molecule has 0 unspecified atom stereocenters. The van der Waals surface area contributed by atoms with E-state index in [1.807, 2.05) is 30.3 Å². The van der Waals surface area contributed by atoms with Gasteiger partial charge in [0.2, 0.25) is 5.95 Å². The molecule has 0 bridgehead atoms. The van der Waals surface area contributed by atoms with E-state index in [1.165, 1.54) is 29.1 Å². The molecule has 11 heteroatoms. The van der Waals surface area contributed by atoms with Crippen LogP contribution in [-0.4, -0.2) is 42.0 Å². The van der Waals surface area contributed by atoms with Crippen molar-refractivity contribution in [2.45, 2.75) is 6.92 Å². The van der Waals surface area contributed by atoms with Gasteiger partial charge in [-0.05, 0) is 31.2 Å². The van der Waals surface area contributed by atoms with Crippen LogP contribution in [0.5, 0.6) is 5.75 Å². The summed E-state index contributed by atoms with van der Waals surface area (Å²) in [6, 6.07) is 16.7. The fourth-order valence-electron chi connectivity index (χ4n) is 3.40. The van der Waals surface area contributed by atoms with Gasteiger partial charge in [0.25, 0.3) is 11.5 Å². The van der Waals surface area contributed by atoms with Gasteiger partial charge in [-0.3, -0.25) is 14.6 Å². The zero-order valence-corrected chi connectivity index (χ0v) is 17.9. The average Bonchev–Trinajstić information content (AvgIpc) is 3.42. The molecule has 2 N–H and O–H groups in total. The molecule has 170 valence electrons. The van der Waals surface area contributed by atoms with Crippen LogP contribution in [0.1, 0.15) is 5.69 Å². The van der Waals surface area contributed by atoms with Crippen molar-refractivity contribution in [1.29, 1.82) is 0 Å². The second kappa shape index (κ2) is 8.62. The van der Waals surface area contributed by atoms with Crippen LogP contribution >= 0.6 is 0 Å². The summed E-state index contributed by atoms with van der Waals surface area (Å²) in [7, 11) is 0. The molecule has 0 aliphatic heterocycles. The number of carbonyl (C=O) groups excluding carboxylic acids is 1. The Labute approximate surface area is 191 Å². The smallest absolute Gasteiger partial charge is 0.263 e. The van der Waals surface area contributed by atoms with E-state index in [1.54, 1.807) is 23.7 Å². The van der Waals surface area contributed by atoms with Crippen molar-refractivity contribution in [2.75, 3.05) is 11.9 Å². The minimum Gasteiger partial charge on any atom is -0.481 e. The van der Waals surface area contributed by atoms with Crippen LogP contribution in [0.3, 0.4) is 0 Å². The number of carbonyl (C=O) groups is 1. The Kier molecular flexibility index (Phi) is 5.34. The normalized spacial score (nSPS) is 11.0. The maximum atomic E-state index is 13.7. The van der Waals surface area contributed by atoms with E-state index in [4.69, 9.17) is 4.74 Å². The van der Waals surface area contributed by atoms with Crippen LogP contribution in [0.15, 0.2) is 71.7 Å². The van der Waals surface area contributed by atoms with Crippen molar-refractivity contribution >= 4 is 22.8 Å². The Balaban J connectivity index is 1.46. The van der Waals surface area contributed by atoms with Gasteiger partial charge in [0, 0.05) is 6.07 Å². The molecule has 0 spiro atoms. The summed E-state index contributed by atoms with van der Waals surface area (Å²) in [5, 5.41) is 11.6. The lowest BCUT2D eigenvalue weighted by Crippen LogP contribution is -2.23. The molecule has 34 heavy (non-hydrogen) atoms. The summed E-state index contributed by atoms with van der Waals surface area (Å²) >= 11 is 0. The Bertz CT molecular complexity index is 1560. The van der Waals surface area contributed by atoms with Gasteiger partial charge in [-0.15, -0.1) is 0 Å². The number of nitrogens with zero attached hydrogens (tertiary/aromatic N) is 5. The molecule has 5 rings (SSSR count). The van der Waals surface area contributed by atoms with E-state index in [-0.39, 0.29) is 17.5 Å². The highest BCUT2D eigenvalue weighted by atomic mass is 19.1. The topological polar surface area (TPSA) is 120 Å². The van der Waals surface area contributed by atoms with Gasteiger partial charge in [0.05, 0.1) is 17.6 Å². The fourth-order valence-corrected chi connectivity index (χ4v) is 3.40. The Hall–Kier alpha value is -4.80. The molecule has 0 fully saturated rings. The third kappa shape index (κ3) is 4.01. The molecule has 0 saturated heterocycles. The standard InChI is InChI=1S/C23H18FN7O3/c1-14-11-19(26-20(32)13-34-18-10-6-5-9-17(18)24)31(29-14)23-27-21-16(22(33)28-23)12-25-30(21)15-7-3-2-4-8-15/h2-12H,13H2,1H3,(H,26,32)(H,27,28,33). The highest BCUT2D eigenvalue weighted by molar-refractivity contribution is 5.91. The number of nitrogens with one attached hydrogen (secondary N) is 2. The van der Waals surface area contributed by atoms with Crippen LogP contribution in [0.4, 0.5) is 10.2 Å². The number of anilines is 1. The summed E-state index contributed by atoms with van der Waals surface area (Å²) in [5.74, 6) is -0.794. The second-order valence-electron chi connectivity index (χ2n) is 7.37. The maximum Gasteiger partial charge on any atom is 0.263 e. The molecular formula is C23H18FN7O3. The van der Waals surface area contributed by atoms with Crippen molar-refractivity contribution in [3.05, 3.63) is 88.7 Å². The molecule has 5 aromatic rings. The Morgan fingerprint density at radius 1 is 1.12 bits per heavy atom. The van der Waals surface area contributed by atoms with Crippen molar-refractivity contribution < 1.29 is 13.9 Å². The number of para-hydroxylation sites is 2. The Morgan fingerprint density at radius 2 is 1.88 bits per heavy atom. The van der Waals surface area contributed by atoms with E-state index in [0.29, 0.717) is 16.7 Å². The SMILES string of the molecule is Cc1cc(NC(=O)COc2ccccc2F)n(-c2nc3c(cnn3-c3ccccc3)c(=O)[nH]2)n1. The van der Waals surface area contributed by atoms with Gasteiger partial charge in [0.1, 0.15) is 11.2 Å². The predicted octanol–water partition coefficient (Wildman–Crippen LogP) is 2.76. The van der Waals surface area contributed by atoms with Crippen LogP contribution in [-0.2, 0) is 4.79 Å². The molecule has 0 atom stereocenters. The number of amides is 1. The number of benzene rings is 2. The lowest BCUT2D eigenvalue weighted by molar-refractivity contribution is -0.118. The van der Waals surface area contributed by atoms with E-state index >= 15 is 0 Å². The molecule has 3 heterocycles. The fraction of sp³-hybridized carbons (Fsp3) is 0.0870. The molecule has 1 amide bonds. The van der Waals surface area contributed by atoms with E-state index in [0.717, 1.165) is 5.69 Å². The molecule has 0 aliphatic carbocycles. The minimum atomic E-state index is -0.568. The number of ether oxygens (including phenoxy) is 1. The van der Waals surface area contributed by atoms with Crippen LogP contribution in [0, 0.1) is 12.7 Å². The molecule has 0 radical (unpaired) electrons. The third-order valence-electron chi connectivity index (χ3n) is 4.92. The number of hydrogen-bond acceptors (Lipinski definition) is 6. The minimum absolute atomic E-state index is 0.0343. The lowest BCUT2D eigenvalue weighted by atomic mass is 10.3. The van der Waals surface area contributed by atoms with E-state index < -0.39 is 23.9 Å². The van der Waals surface area contributed by atoms with Crippen molar-refractivity contribution in [3.63, 3.8) is 0 Å². The second-order valence-corrected chi connectivity index (χ2v) is 7.37. The van der Waals surface area contributed by atoms with Crippen LogP contribution < -0.4 is 15.6 Å². The molecule has 2 aromatic carbocycles. The van der Waals surface area contributed by atoms with Crippen molar-refractivity contribution in [2.24, 2.45) is 0 Å². The number of rotatable bonds is 6. The zero-order chi connectivity index (χ0) is 23.7. The summed E-state index contributed by atoms with van der Waals surface area (Å²) in [6.45, 7) is 1.31. The third-order valence-corrected chi connectivity index (χ3v) is 4.92. The first kappa shape index (κ1) is 21.1. The van der Waals surface area contributed by atoms with Crippen LogP contribution in [0.25, 0.3) is 22.7 Å². The van der Waals surface area contributed by atoms with Gasteiger partial charge in [0.15, 0.2) is 23.8 Å². The number of hydrogen-bond donors (Lipinski definition) is 2. The van der Waals surface area contributed by atoms with Gasteiger partial charge < -0.3 is 10.1 Å². The van der Waals surface area contributed by atoms with Crippen LogP contribution in [0.2, 0.25) is 0 Å². The summed E-state index contributed by atoms with van der Waals surface area (Å²) < 4.78 is 21.8. The van der Waals surface area contributed by atoms with E-state index in [2.05, 4.69) is 25.5 Å². The number of halogens is 1. The summed E-state index contributed by atoms with van der Waals surface area (Å²) in [4.78, 5) is 32.4. The average molecular weight is 459 g/mol. The van der Waals surface area contributed by atoms with Crippen molar-refractivity contribution in [3.8, 4) is 17.4 Å².